The van der Waals surface area contributed by atoms with Crippen molar-refractivity contribution in [3.63, 3.8) is 0 Å². The summed E-state index contributed by atoms with van der Waals surface area (Å²) in [5, 5.41) is 6.71. The minimum absolute atomic E-state index is 1.10. The topological polar surface area (TPSA) is 27.3 Å². The van der Waals surface area contributed by atoms with Crippen LogP contribution in [0.25, 0.3) is 0 Å². The summed E-state index contributed by atoms with van der Waals surface area (Å²) in [5.74, 6) is 0. The molecule has 0 saturated carbocycles. The van der Waals surface area contributed by atoms with Gasteiger partial charge in [0.15, 0.2) is 0 Å². The largest absolute Gasteiger partial charge is 0.318 e. The zero-order chi connectivity index (χ0) is 12.1. The molecule has 0 aromatic rings. The van der Waals surface area contributed by atoms with Crippen molar-refractivity contribution in [3.05, 3.63) is 0 Å². The van der Waals surface area contributed by atoms with E-state index in [0.717, 1.165) is 13.1 Å². The van der Waals surface area contributed by atoms with Crippen molar-refractivity contribution in [3.8, 4) is 0 Å². The fourth-order valence-corrected chi connectivity index (χ4v) is 1.75. The van der Waals surface area contributed by atoms with Crippen LogP contribution in [0.2, 0.25) is 0 Å². The summed E-state index contributed by atoms with van der Waals surface area (Å²) in [6.45, 7) is 11.5. The zero-order valence-corrected chi connectivity index (χ0v) is 11.5. The molecular formula is C13H31N3. The fourth-order valence-electron chi connectivity index (χ4n) is 1.75. The highest BCUT2D eigenvalue weighted by molar-refractivity contribution is 4.58. The third-order valence-corrected chi connectivity index (χ3v) is 2.91. The molecule has 0 aliphatic carbocycles. The van der Waals surface area contributed by atoms with Gasteiger partial charge in [0.1, 0.15) is 0 Å². The highest BCUT2D eigenvalue weighted by Crippen LogP contribution is 1.92. The quantitative estimate of drug-likeness (QED) is 0.499. The number of likely N-dealkylation sites (N-methyl/N-ethyl adjacent to an activating group) is 2. The molecule has 3 nitrogen and oxygen atoms in total. The van der Waals surface area contributed by atoms with Crippen molar-refractivity contribution in [1.82, 2.24) is 15.5 Å². The van der Waals surface area contributed by atoms with E-state index in [4.69, 9.17) is 0 Å². The van der Waals surface area contributed by atoms with Gasteiger partial charge in [-0.15, -0.1) is 0 Å². The number of unbranched alkanes of at least 4 members (excludes halogenated alkanes) is 2. The number of hydrogen-bond donors (Lipinski definition) is 2. The van der Waals surface area contributed by atoms with Crippen molar-refractivity contribution in [2.24, 2.45) is 0 Å². The lowest BCUT2D eigenvalue weighted by atomic mass is 10.2. The maximum Gasteiger partial charge on any atom is 0.0107 e. The first kappa shape index (κ1) is 15.9. The van der Waals surface area contributed by atoms with Gasteiger partial charge < -0.3 is 15.5 Å². The van der Waals surface area contributed by atoms with Gasteiger partial charge in [-0.2, -0.15) is 0 Å². The monoisotopic (exact) mass is 229 g/mol. The molecule has 0 fully saturated rings. The Morgan fingerprint density at radius 3 is 2.25 bits per heavy atom. The number of rotatable bonds is 12. The van der Waals surface area contributed by atoms with E-state index in [1.807, 2.05) is 7.05 Å². The van der Waals surface area contributed by atoms with Crippen LogP contribution >= 0.6 is 0 Å². The number of nitrogens with one attached hydrogen (secondary N) is 2. The third-order valence-electron chi connectivity index (χ3n) is 2.91. The van der Waals surface area contributed by atoms with E-state index in [1.165, 1.54) is 51.9 Å². The molecule has 0 radical (unpaired) electrons. The van der Waals surface area contributed by atoms with Crippen LogP contribution in [-0.2, 0) is 0 Å². The Hall–Kier alpha value is -0.120. The maximum atomic E-state index is 3.51. The minimum Gasteiger partial charge on any atom is -0.318 e. The Balaban J connectivity index is 3.20. The predicted molar refractivity (Wildman–Crippen MR) is 73.1 cm³/mol. The van der Waals surface area contributed by atoms with Gasteiger partial charge >= 0.3 is 0 Å². The molecule has 0 unspecified atom stereocenters. The summed E-state index contributed by atoms with van der Waals surface area (Å²) in [5.41, 5.74) is 0. The Morgan fingerprint density at radius 1 is 0.875 bits per heavy atom. The number of nitrogens with zero attached hydrogens (tertiary/aromatic N) is 1. The van der Waals surface area contributed by atoms with Gasteiger partial charge in [-0.1, -0.05) is 26.7 Å². The molecule has 0 aromatic carbocycles. The molecule has 98 valence electrons. The van der Waals surface area contributed by atoms with Gasteiger partial charge in [0.05, 0.1) is 0 Å². The number of hydrogen-bond acceptors (Lipinski definition) is 3. The van der Waals surface area contributed by atoms with Gasteiger partial charge in [0.2, 0.25) is 0 Å². The average Bonchev–Trinajstić information content (AvgIpc) is 2.32. The summed E-state index contributed by atoms with van der Waals surface area (Å²) in [4.78, 5) is 2.50. The highest BCUT2D eigenvalue weighted by Gasteiger charge is 2.00. The summed E-state index contributed by atoms with van der Waals surface area (Å²) >= 11 is 0. The van der Waals surface area contributed by atoms with Crippen molar-refractivity contribution in [2.75, 3.05) is 46.3 Å². The lowest BCUT2D eigenvalue weighted by molar-refractivity contribution is 0.284. The van der Waals surface area contributed by atoms with E-state index in [-0.39, 0.29) is 0 Å². The molecule has 0 saturated heterocycles. The summed E-state index contributed by atoms with van der Waals surface area (Å²) in [6, 6.07) is 0. The van der Waals surface area contributed by atoms with Crippen molar-refractivity contribution in [1.29, 1.82) is 0 Å². The van der Waals surface area contributed by atoms with Crippen LogP contribution in [0.3, 0.4) is 0 Å². The molecule has 0 amide bonds. The van der Waals surface area contributed by atoms with E-state index in [9.17, 15) is 0 Å². The first-order valence-electron chi connectivity index (χ1n) is 6.92. The van der Waals surface area contributed by atoms with Gasteiger partial charge in [-0.05, 0) is 46.1 Å². The standard InChI is InChI=1S/C13H31N3/c1-4-6-7-9-15-10-8-12-16(5-2)13-11-14-3/h14-15H,4-13H2,1-3H3. The lowest BCUT2D eigenvalue weighted by Gasteiger charge is -2.20. The van der Waals surface area contributed by atoms with Crippen LogP contribution in [0.4, 0.5) is 0 Å². The maximum absolute atomic E-state index is 3.51. The second kappa shape index (κ2) is 12.9. The van der Waals surface area contributed by atoms with Crippen LogP contribution in [0.5, 0.6) is 0 Å². The second-order valence-electron chi connectivity index (χ2n) is 4.35. The Bertz CT molecular complexity index is 128. The first-order chi connectivity index (χ1) is 7.85. The van der Waals surface area contributed by atoms with E-state index in [2.05, 4.69) is 29.4 Å². The molecule has 0 rings (SSSR count). The lowest BCUT2D eigenvalue weighted by Crippen LogP contribution is -2.33. The van der Waals surface area contributed by atoms with E-state index >= 15 is 0 Å². The predicted octanol–water partition coefficient (Wildman–Crippen LogP) is 1.70. The Kier molecular flexibility index (Phi) is 12.9. The second-order valence-corrected chi connectivity index (χ2v) is 4.35. The van der Waals surface area contributed by atoms with E-state index in [0.29, 0.717) is 0 Å². The van der Waals surface area contributed by atoms with Crippen LogP contribution in [0, 0.1) is 0 Å². The molecule has 0 bridgehead atoms. The summed E-state index contributed by atoms with van der Waals surface area (Å²) in [6.07, 6.45) is 5.27. The Labute approximate surface area is 102 Å². The van der Waals surface area contributed by atoms with Crippen LogP contribution < -0.4 is 10.6 Å². The third kappa shape index (κ3) is 10.4. The van der Waals surface area contributed by atoms with Gasteiger partial charge in [-0.3, -0.25) is 0 Å². The molecule has 16 heavy (non-hydrogen) atoms. The molecule has 0 heterocycles. The smallest absolute Gasteiger partial charge is 0.0107 e. The van der Waals surface area contributed by atoms with Crippen LogP contribution in [0.15, 0.2) is 0 Å². The van der Waals surface area contributed by atoms with E-state index in [1.54, 1.807) is 0 Å². The summed E-state index contributed by atoms with van der Waals surface area (Å²) < 4.78 is 0. The van der Waals surface area contributed by atoms with Gasteiger partial charge in [0, 0.05) is 13.1 Å². The molecule has 0 aliphatic rings. The van der Waals surface area contributed by atoms with Crippen molar-refractivity contribution < 1.29 is 0 Å². The van der Waals surface area contributed by atoms with Gasteiger partial charge in [-0.25, -0.2) is 0 Å². The first-order valence-corrected chi connectivity index (χ1v) is 6.92. The van der Waals surface area contributed by atoms with E-state index < -0.39 is 0 Å². The fraction of sp³-hybridized carbons (Fsp3) is 1.00. The highest BCUT2D eigenvalue weighted by atomic mass is 15.1. The molecule has 2 N–H and O–H groups in total. The van der Waals surface area contributed by atoms with Crippen molar-refractivity contribution in [2.45, 2.75) is 39.5 Å². The van der Waals surface area contributed by atoms with Crippen LogP contribution in [0.1, 0.15) is 39.5 Å². The SMILES string of the molecule is CCCCCNCCCN(CC)CCNC. The normalized spacial score (nSPS) is 11.2. The molecule has 0 aromatic heterocycles. The van der Waals surface area contributed by atoms with Gasteiger partial charge in [0.25, 0.3) is 0 Å². The Morgan fingerprint density at radius 2 is 1.62 bits per heavy atom. The average molecular weight is 229 g/mol. The van der Waals surface area contributed by atoms with Crippen molar-refractivity contribution >= 4 is 0 Å². The molecule has 0 aliphatic heterocycles. The molecular weight excluding hydrogens is 198 g/mol. The van der Waals surface area contributed by atoms with Crippen LogP contribution in [-0.4, -0.2) is 51.2 Å². The zero-order valence-electron chi connectivity index (χ0n) is 11.5. The molecule has 3 heteroatoms. The summed E-state index contributed by atoms with van der Waals surface area (Å²) in [7, 11) is 2.02. The minimum atomic E-state index is 1.10. The molecule has 0 atom stereocenters. The molecule has 0 spiro atoms.